The van der Waals surface area contributed by atoms with Gasteiger partial charge in [0.05, 0.1) is 6.04 Å². The van der Waals surface area contributed by atoms with Crippen LogP contribution in [0.15, 0.2) is 91.5 Å². The zero-order chi connectivity index (χ0) is 19.2. The molecule has 0 aliphatic carbocycles. The van der Waals surface area contributed by atoms with E-state index in [9.17, 15) is 9.59 Å². The van der Waals surface area contributed by atoms with Gasteiger partial charge < -0.3 is 5.73 Å². The summed E-state index contributed by atoms with van der Waals surface area (Å²) in [4.78, 5) is 25.2. The van der Waals surface area contributed by atoms with Gasteiger partial charge in [-0.2, -0.15) is 0 Å². The van der Waals surface area contributed by atoms with E-state index in [0.29, 0.717) is 23.1 Å². The lowest BCUT2D eigenvalue weighted by Gasteiger charge is -2.11. The molecule has 1 atom stereocenters. The molecule has 3 nitrogen and oxygen atoms in total. The molecule has 3 aromatic rings. The molecule has 0 aliphatic rings. The Labute approximate surface area is 159 Å². The number of rotatable bonds is 7. The maximum absolute atomic E-state index is 12.6. The van der Waals surface area contributed by atoms with Crippen LogP contribution in [0.3, 0.4) is 0 Å². The van der Waals surface area contributed by atoms with Crippen molar-refractivity contribution < 1.29 is 9.59 Å². The number of Topliss-reactive ketones (excluding diaryl/α,β-unsaturated/α-hetero) is 2. The van der Waals surface area contributed by atoms with E-state index in [1.165, 1.54) is 0 Å². The van der Waals surface area contributed by atoms with Crippen LogP contribution in [0.4, 0.5) is 0 Å². The average Bonchev–Trinajstić information content (AvgIpc) is 2.73. The number of benzene rings is 3. The van der Waals surface area contributed by atoms with Crippen molar-refractivity contribution >= 4 is 17.1 Å². The fourth-order valence-corrected chi connectivity index (χ4v) is 2.91. The predicted molar refractivity (Wildman–Crippen MR) is 109 cm³/mol. The highest BCUT2D eigenvalue weighted by atomic mass is 16.1. The molecule has 0 fully saturated rings. The largest absolute Gasteiger partial charge is 0.321 e. The lowest BCUT2D eigenvalue weighted by molar-refractivity contribution is 0.0959. The third kappa shape index (κ3) is 4.46. The summed E-state index contributed by atoms with van der Waals surface area (Å²) in [5, 5.41) is 0. The smallest absolute Gasteiger partial charge is 0.193 e. The molecule has 0 saturated carbocycles. The molecule has 0 aliphatic heterocycles. The van der Waals surface area contributed by atoms with E-state index >= 15 is 0 Å². The van der Waals surface area contributed by atoms with Crippen LogP contribution in [-0.2, 0) is 6.42 Å². The minimum absolute atomic E-state index is 0.139. The summed E-state index contributed by atoms with van der Waals surface area (Å²) >= 11 is 0. The first-order valence-corrected chi connectivity index (χ1v) is 8.79. The first-order chi connectivity index (χ1) is 13.1. The Balaban J connectivity index is 1.70. The van der Waals surface area contributed by atoms with E-state index in [2.05, 4.69) is 6.58 Å². The molecule has 3 heteroatoms. The van der Waals surface area contributed by atoms with Crippen molar-refractivity contribution in [3.8, 4) is 0 Å². The van der Waals surface area contributed by atoms with E-state index in [4.69, 9.17) is 5.73 Å². The number of hydrogen-bond acceptors (Lipinski definition) is 3. The molecule has 0 amide bonds. The van der Waals surface area contributed by atoms with Gasteiger partial charge >= 0.3 is 0 Å². The van der Waals surface area contributed by atoms with Crippen LogP contribution in [0.5, 0.6) is 0 Å². The number of hydrogen-bond donors (Lipinski definition) is 1. The van der Waals surface area contributed by atoms with Gasteiger partial charge in [-0.15, -0.1) is 0 Å². The summed E-state index contributed by atoms with van der Waals surface area (Å²) in [6.07, 6.45) is 0.477. The highest BCUT2D eigenvalue weighted by Gasteiger charge is 2.17. The van der Waals surface area contributed by atoms with Crippen LogP contribution in [0, 0.1) is 0 Å². The normalized spacial score (nSPS) is 11.6. The van der Waals surface area contributed by atoms with Gasteiger partial charge in [0.25, 0.3) is 0 Å². The third-order valence-corrected chi connectivity index (χ3v) is 4.46. The Bertz CT molecular complexity index is 945. The number of carbonyl (C=O) groups is 2. The molecule has 0 saturated heterocycles. The van der Waals surface area contributed by atoms with E-state index < -0.39 is 6.04 Å². The molecule has 3 rings (SSSR count). The first kappa shape index (κ1) is 18.5. The van der Waals surface area contributed by atoms with Gasteiger partial charge in [0.1, 0.15) is 0 Å². The summed E-state index contributed by atoms with van der Waals surface area (Å²) in [6, 6.07) is 25.0. The van der Waals surface area contributed by atoms with E-state index in [1.807, 2.05) is 60.7 Å². The summed E-state index contributed by atoms with van der Waals surface area (Å²) in [6.45, 7) is 3.90. The van der Waals surface area contributed by atoms with Gasteiger partial charge in [0.15, 0.2) is 11.6 Å². The topological polar surface area (TPSA) is 60.2 Å². The van der Waals surface area contributed by atoms with Crippen molar-refractivity contribution in [2.45, 2.75) is 12.5 Å². The highest BCUT2D eigenvalue weighted by molar-refractivity contribution is 6.28. The molecule has 3 aromatic carbocycles. The molecule has 0 spiro atoms. The SMILES string of the molecule is C=C(C(=O)c1ccc(C(=O)C(N)Cc2ccccc2)cc1)c1ccccc1. The zero-order valence-electron chi connectivity index (χ0n) is 15.0. The van der Waals surface area contributed by atoms with Crippen molar-refractivity contribution in [3.63, 3.8) is 0 Å². The minimum Gasteiger partial charge on any atom is -0.321 e. The second-order valence-electron chi connectivity index (χ2n) is 6.41. The van der Waals surface area contributed by atoms with E-state index in [1.54, 1.807) is 24.3 Å². The zero-order valence-corrected chi connectivity index (χ0v) is 15.0. The Morgan fingerprint density at radius 1 is 0.741 bits per heavy atom. The molecule has 0 heterocycles. The van der Waals surface area contributed by atoms with Crippen LogP contribution in [-0.4, -0.2) is 17.6 Å². The molecule has 0 bridgehead atoms. The lowest BCUT2D eigenvalue weighted by Crippen LogP contribution is -2.32. The quantitative estimate of drug-likeness (QED) is 0.507. The van der Waals surface area contributed by atoms with Crippen LogP contribution in [0.1, 0.15) is 31.8 Å². The summed E-state index contributed by atoms with van der Waals surface area (Å²) in [5.41, 5.74) is 9.30. The molecule has 0 radical (unpaired) electrons. The molecular weight excluding hydrogens is 334 g/mol. The average molecular weight is 355 g/mol. The van der Waals surface area contributed by atoms with Gasteiger partial charge in [-0.3, -0.25) is 9.59 Å². The molecular formula is C24H21NO2. The maximum atomic E-state index is 12.6. The number of nitrogens with two attached hydrogens (primary N) is 1. The van der Waals surface area contributed by atoms with Gasteiger partial charge in [0, 0.05) is 16.7 Å². The van der Waals surface area contributed by atoms with E-state index in [0.717, 1.165) is 11.1 Å². The number of ketones is 2. The van der Waals surface area contributed by atoms with Gasteiger partial charge in [-0.05, 0) is 17.5 Å². The molecule has 27 heavy (non-hydrogen) atoms. The van der Waals surface area contributed by atoms with Gasteiger partial charge in [0.2, 0.25) is 0 Å². The van der Waals surface area contributed by atoms with E-state index in [-0.39, 0.29) is 11.6 Å². The van der Waals surface area contributed by atoms with Crippen molar-refractivity contribution in [1.82, 2.24) is 0 Å². The number of carbonyl (C=O) groups excluding carboxylic acids is 2. The van der Waals surface area contributed by atoms with Gasteiger partial charge in [-0.1, -0.05) is 91.5 Å². The second kappa shape index (κ2) is 8.39. The highest BCUT2D eigenvalue weighted by Crippen LogP contribution is 2.19. The summed E-state index contributed by atoms with van der Waals surface area (Å²) in [7, 11) is 0. The first-order valence-electron chi connectivity index (χ1n) is 8.79. The standard InChI is InChI=1S/C24H21NO2/c1-17(19-10-6-3-7-11-19)23(26)20-12-14-21(15-13-20)24(27)22(25)16-18-8-4-2-5-9-18/h2-15,22H,1,16,25H2. The van der Waals surface area contributed by atoms with Crippen LogP contribution < -0.4 is 5.73 Å². The Kier molecular flexibility index (Phi) is 5.74. The Hall–Kier alpha value is -3.30. The van der Waals surface area contributed by atoms with Crippen molar-refractivity contribution in [2.24, 2.45) is 5.73 Å². The Morgan fingerprint density at radius 2 is 1.26 bits per heavy atom. The lowest BCUT2D eigenvalue weighted by atomic mass is 9.95. The van der Waals surface area contributed by atoms with Crippen molar-refractivity contribution in [2.75, 3.05) is 0 Å². The number of allylic oxidation sites excluding steroid dienone is 1. The predicted octanol–water partition coefficient (Wildman–Crippen LogP) is 4.34. The Morgan fingerprint density at radius 3 is 1.85 bits per heavy atom. The van der Waals surface area contributed by atoms with Gasteiger partial charge in [-0.25, -0.2) is 0 Å². The monoisotopic (exact) mass is 355 g/mol. The fraction of sp³-hybridized carbons (Fsp3) is 0.0833. The van der Waals surface area contributed by atoms with Crippen molar-refractivity contribution in [3.05, 3.63) is 114 Å². The summed E-state index contributed by atoms with van der Waals surface area (Å²) < 4.78 is 0. The van der Waals surface area contributed by atoms with Crippen molar-refractivity contribution in [1.29, 1.82) is 0 Å². The molecule has 134 valence electrons. The molecule has 1 unspecified atom stereocenters. The van der Waals surface area contributed by atoms with Crippen LogP contribution >= 0.6 is 0 Å². The third-order valence-electron chi connectivity index (χ3n) is 4.46. The minimum atomic E-state index is -0.617. The van der Waals surface area contributed by atoms with Crippen LogP contribution in [0.25, 0.3) is 5.57 Å². The fourth-order valence-electron chi connectivity index (χ4n) is 2.91. The molecule has 2 N–H and O–H groups in total. The van der Waals surface area contributed by atoms with Crippen LogP contribution in [0.2, 0.25) is 0 Å². The maximum Gasteiger partial charge on any atom is 0.193 e. The summed E-state index contributed by atoms with van der Waals surface area (Å²) in [5.74, 6) is -0.298. The second-order valence-corrected chi connectivity index (χ2v) is 6.41. The molecule has 0 aromatic heterocycles.